The molecular formula is C28H25BrN2O4. The number of fused-ring (bicyclic) bond motifs is 1. The molecule has 35 heavy (non-hydrogen) atoms. The number of carbonyl (C=O) groups excluding carboxylic acids is 1. The summed E-state index contributed by atoms with van der Waals surface area (Å²) in [5, 5.41) is 13.2. The minimum atomic E-state index is -0.948. The van der Waals surface area contributed by atoms with Crippen LogP contribution in [0.3, 0.4) is 0 Å². The number of carboxylic acid groups (broad SMARTS) is 1. The zero-order valence-corrected chi connectivity index (χ0v) is 21.0. The lowest BCUT2D eigenvalue weighted by atomic mass is 9.93. The molecule has 0 unspecified atom stereocenters. The predicted molar refractivity (Wildman–Crippen MR) is 140 cm³/mol. The number of aliphatic carboxylic acids is 1. The average Bonchev–Trinajstić information content (AvgIpc) is 2.86. The van der Waals surface area contributed by atoms with E-state index in [4.69, 9.17) is 9.72 Å². The Hall–Kier alpha value is -3.71. The summed E-state index contributed by atoms with van der Waals surface area (Å²) in [6, 6.07) is 22.7. The summed E-state index contributed by atoms with van der Waals surface area (Å²) in [7, 11) is 1.55. The number of nitrogens with one attached hydrogen (secondary N) is 1. The number of amides is 1. The monoisotopic (exact) mass is 532 g/mol. The number of carbonyl (C=O) groups is 2. The zero-order chi connectivity index (χ0) is 24.9. The van der Waals surface area contributed by atoms with Gasteiger partial charge in [-0.25, -0.2) is 4.98 Å². The molecule has 2 N–H and O–H groups in total. The molecule has 0 saturated carbocycles. The van der Waals surface area contributed by atoms with Crippen molar-refractivity contribution in [3.05, 3.63) is 94.0 Å². The third kappa shape index (κ3) is 5.35. The molecule has 3 aromatic carbocycles. The maximum absolute atomic E-state index is 13.6. The number of nitrogens with zero attached hydrogens (tertiary/aromatic N) is 1. The van der Waals surface area contributed by atoms with Crippen LogP contribution in [0.5, 0.6) is 5.75 Å². The maximum Gasteiger partial charge on any atom is 0.304 e. The van der Waals surface area contributed by atoms with E-state index in [0.717, 1.165) is 32.2 Å². The van der Waals surface area contributed by atoms with Crippen LogP contribution in [-0.4, -0.2) is 35.6 Å². The van der Waals surface area contributed by atoms with E-state index in [-0.39, 0.29) is 18.9 Å². The van der Waals surface area contributed by atoms with E-state index < -0.39 is 11.9 Å². The van der Waals surface area contributed by atoms with Crippen molar-refractivity contribution in [2.75, 3.05) is 13.7 Å². The van der Waals surface area contributed by atoms with E-state index in [1.807, 2.05) is 73.7 Å². The van der Waals surface area contributed by atoms with E-state index in [1.54, 1.807) is 13.2 Å². The molecule has 0 radical (unpaired) electrons. The molecule has 0 aliphatic carbocycles. The van der Waals surface area contributed by atoms with E-state index in [9.17, 15) is 14.7 Å². The van der Waals surface area contributed by atoms with Crippen LogP contribution in [0.4, 0.5) is 0 Å². The van der Waals surface area contributed by atoms with Gasteiger partial charge in [0.15, 0.2) is 0 Å². The van der Waals surface area contributed by atoms with Crippen molar-refractivity contribution in [3.63, 3.8) is 0 Å². The lowest BCUT2D eigenvalue weighted by Crippen LogP contribution is -2.30. The van der Waals surface area contributed by atoms with E-state index in [2.05, 4.69) is 21.2 Å². The van der Waals surface area contributed by atoms with Crippen LogP contribution in [0.25, 0.3) is 22.2 Å². The van der Waals surface area contributed by atoms with Gasteiger partial charge in [-0.05, 0) is 42.3 Å². The molecule has 4 rings (SSSR count). The first-order valence-corrected chi connectivity index (χ1v) is 12.0. The molecule has 0 fully saturated rings. The van der Waals surface area contributed by atoms with Gasteiger partial charge in [-0.3, -0.25) is 9.59 Å². The van der Waals surface area contributed by atoms with Crippen molar-refractivity contribution >= 4 is 38.7 Å². The summed E-state index contributed by atoms with van der Waals surface area (Å²) >= 11 is 3.50. The van der Waals surface area contributed by atoms with Gasteiger partial charge < -0.3 is 15.2 Å². The van der Waals surface area contributed by atoms with Crippen LogP contribution in [0.1, 0.15) is 33.8 Å². The van der Waals surface area contributed by atoms with Crippen LogP contribution in [-0.2, 0) is 4.79 Å². The van der Waals surface area contributed by atoms with Gasteiger partial charge in [0.1, 0.15) is 5.75 Å². The van der Waals surface area contributed by atoms with Crippen molar-refractivity contribution in [1.82, 2.24) is 10.3 Å². The average molecular weight is 533 g/mol. The Labute approximate surface area is 212 Å². The molecule has 1 amide bonds. The first-order valence-electron chi connectivity index (χ1n) is 11.2. The van der Waals surface area contributed by atoms with Crippen molar-refractivity contribution in [2.45, 2.75) is 19.3 Å². The summed E-state index contributed by atoms with van der Waals surface area (Å²) in [4.78, 5) is 30.1. The van der Waals surface area contributed by atoms with Crippen molar-refractivity contribution in [1.29, 1.82) is 0 Å². The van der Waals surface area contributed by atoms with E-state index >= 15 is 0 Å². The number of hydrogen-bond donors (Lipinski definition) is 2. The second kappa shape index (κ2) is 10.7. The lowest BCUT2D eigenvalue weighted by Gasteiger charge is -2.20. The number of rotatable bonds is 8. The Kier molecular flexibility index (Phi) is 7.46. The highest BCUT2D eigenvalue weighted by molar-refractivity contribution is 9.10. The van der Waals surface area contributed by atoms with Gasteiger partial charge in [0, 0.05) is 27.9 Å². The van der Waals surface area contributed by atoms with Gasteiger partial charge in [-0.2, -0.15) is 0 Å². The summed E-state index contributed by atoms with van der Waals surface area (Å²) < 4.78 is 6.27. The Balaban J connectivity index is 1.74. The molecule has 1 atom stereocenters. The van der Waals surface area contributed by atoms with Crippen LogP contribution >= 0.6 is 15.9 Å². The second-order valence-corrected chi connectivity index (χ2v) is 9.15. The fourth-order valence-electron chi connectivity index (χ4n) is 4.31. The number of hydrogen-bond acceptors (Lipinski definition) is 4. The van der Waals surface area contributed by atoms with Gasteiger partial charge in [0.2, 0.25) is 0 Å². The highest BCUT2D eigenvalue weighted by Gasteiger charge is 2.23. The number of methoxy groups -OCH3 is 1. The number of aromatic nitrogens is 1. The SMILES string of the molecule is COc1ccccc1[C@H](CNC(=O)c1c(C)c(-c2ccccc2)nc2ccc(Br)cc12)CC(=O)O. The summed E-state index contributed by atoms with van der Waals surface area (Å²) in [5.74, 6) is -1.10. The molecule has 1 heterocycles. The first kappa shape index (κ1) is 24.4. The zero-order valence-electron chi connectivity index (χ0n) is 19.4. The molecule has 0 aliphatic heterocycles. The fourth-order valence-corrected chi connectivity index (χ4v) is 4.67. The van der Waals surface area contributed by atoms with Gasteiger partial charge in [0.05, 0.1) is 30.3 Å². The normalized spacial score (nSPS) is 11.7. The quantitative estimate of drug-likeness (QED) is 0.292. The second-order valence-electron chi connectivity index (χ2n) is 8.23. The Morgan fingerprint density at radius 1 is 1.06 bits per heavy atom. The molecule has 0 spiro atoms. The van der Waals surface area contributed by atoms with Crippen molar-refractivity contribution < 1.29 is 19.4 Å². The molecule has 178 valence electrons. The highest BCUT2D eigenvalue weighted by atomic mass is 79.9. The largest absolute Gasteiger partial charge is 0.496 e. The standard InChI is InChI=1S/C28H25BrN2O4/c1-17-26(22-15-20(29)12-13-23(22)31-27(17)18-8-4-3-5-9-18)28(34)30-16-19(14-25(32)33)21-10-6-7-11-24(21)35-2/h3-13,15,19H,14,16H2,1-2H3,(H,30,34)(H,32,33)/t19-/m0/s1. The molecule has 1 aromatic heterocycles. The summed E-state index contributed by atoms with van der Waals surface area (Å²) in [6.07, 6.45) is -0.141. The Morgan fingerprint density at radius 2 is 1.77 bits per heavy atom. The molecule has 7 heteroatoms. The third-order valence-corrected chi connectivity index (χ3v) is 6.47. The number of carboxylic acids is 1. The molecule has 4 aromatic rings. The number of benzene rings is 3. The fraction of sp³-hybridized carbons (Fsp3) is 0.179. The highest BCUT2D eigenvalue weighted by Crippen LogP contribution is 2.32. The van der Waals surface area contributed by atoms with Gasteiger partial charge in [-0.1, -0.05) is 64.5 Å². The van der Waals surface area contributed by atoms with Gasteiger partial charge in [-0.15, -0.1) is 0 Å². The minimum Gasteiger partial charge on any atom is -0.496 e. The topological polar surface area (TPSA) is 88.5 Å². The predicted octanol–water partition coefficient (Wildman–Crippen LogP) is 5.97. The third-order valence-electron chi connectivity index (χ3n) is 5.97. The van der Waals surface area contributed by atoms with Crippen LogP contribution < -0.4 is 10.1 Å². The van der Waals surface area contributed by atoms with Crippen molar-refractivity contribution in [3.8, 4) is 17.0 Å². The van der Waals surface area contributed by atoms with Gasteiger partial charge >= 0.3 is 5.97 Å². The lowest BCUT2D eigenvalue weighted by molar-refractivity contribution is -0.137. The van der Waals surface area contributed by atoms with Gasteiger partial charge in [0.25, 0.3) is 5.91 Å². The van der Waals surface area contributed by atoms with E-state index in [0.29, 0.717) is 16.8 Å². The van der Waals surface area contributed by atoms with Crippen molar-refractivity contribution in [2.24, 2.45) is 0 Å². The number of halogens is 1. The number of para-hydroxylation sites is 1. The smallest absolute Gasteiger partial charge is 0.304 e. The molecule has 0 saturated heterocycles. The molecule has 0 aliphatic rings. The van der Waals surface area contributed by atoms with Crippen LogP contribution in [0.15, 0.2) is 77.3 Å². The van der Waals surface area contributed by atoms with Crippen LogP contribution in [0, 0.1) is 6.92 Å². The summed E-state index contributed by atoms with van der Waals surface area (Å²) in [5.41, 5.74) is 4.37. The van der Waals surface area contributed by atoms with E-state index in [1.165, 1.54) is 0 Å². The Bertz CT molecular complexity index is 1390. The molecule has 6 nitrogen and oxygen atoms in total. The number of pyridine rings is 1. The summed E-state index contributed by atoms with van der Waals surface area (Å²) in [6.45, 7) is 2.03. The molecular weight excluding hydrogens is 508 g/mol. The minimum absolute atomic E-state index is 0.141. The van der Waals surface area contributed by atoms with Crippen LogP contribution in [0.2, 0.25) is 0 Å². The Morgan fingerprint density at radius 3 is 2.49 bits per heavy atom. The molecule has 0 bridgehead atoms. The maximum atomic E-state index is 13.6. The number of ether oxygens (including phenoxy) is 1. The first-order chi connectivity index (χ1) is 16.9.